The summed E-state index contributed by atoms with van der Waals surface area (Å²) in [5.74, 6) is 0. The molecule has 6 heteroatoms. The highest BCUT2D eigenvalue weighted by atomic mass is 79.9. The molecule has 0 radical (unpaired) electrons. The summed E-state index contributed by atoms with van der Waals surface area (Å²) in [6.07, 6.45) is 1.96. The van der Waals surface area contributed by atoms with Gasteiger partial charge in [0.15, 0.2) is 5.11 Å². The van der Waals surface area contributed by atoms with Crippen LogP contribution in [0.2, 0.25) is 0 Å². The molecule has 0 atom stereocenters. The molecule has 2 rings (SSSR count). The van der Waals surface area contributed by atoms with Crippen molar-refractivity contribution in [1.29, 1.82) is 0 Å². The van der Waals surface area contributed by atoms with Gasteiger partial charge in [-0.3, -0.25) is 4.68 Å². The van der Waals surface area contributed by atoms with Crippen molar-refractivity contribution in [3.8, 4) is 0 Å². The van der Waals surface area contributed by atoms with E-state index in [1.54, 1.807) is 0 Å². The van der Waals surface area contributed by atoms with Gasteiger partial charge in [-0.15, -0.1) is 0 Å². The fraction of sp³-hybridized carbons (Fsp3) is 0.231. The minimum absolute atomic E-state index is 0.587. The maximum absolute atomic E-state index is 5.24. The van der Waals surface area contributed by atoms with Crippen molar-refractivity contribution < 1.29 is 0 Å². The highest BCUT2D eigenvalue weighted by Gasteiger charge is 2.06. The van der Waals surface area contributed by atoms with E-state index in [4.69, 9.17) is 12.2 Å². The summed E-state index contributed by atoms with van der Waals surface area (Å²) < 4.78 is 2.87. The quantitative estimate of drug-likeness (QED) is 0.840. The summed E-state index contributed by atoms with van der Waals surface area (Å²) in [7, 11) is 0. The van der Waals surface area contributed by atoms with Crippen molar-refractivity contribution in [2.24, 2.45) is 0 Å². The molecule has 1 aromatic heterocycles. The Morgan fingerprint density at radius 3 is 2.74 bits per heavy atom. The molecule has 0 amide bonds. The zero-order valence-electron chi connectivity index (χ0n) is 10.6. The first-order valence-electron chi connectivity index (χ1n) is 6.00. The molecule has 1 heterocycles. The van der Waals surface area contributed by atoms with Crippen molar-refractivity contribution in [2.45, 2.75) is 20.0 Å². The second-order valence-electron chi connectivity index (χ2n) is 3.95. The number of nitrogens with one attached hydrogen (secondary N) is 2. The monoisotopic (exact) mass is 338 g/mol. The second kappa shape index (κ2) is 6.68. The molecule has 0 saturated heterocycles. The van der Waals surface area contributed by atoms with E-state index in [-0.39, 0.29) is 0 Å². The minimum atomic E-state index is 0.587. The Kier molecular flexibility index (Phi) is 4.93. The van der Waals surface area contributed by atoms with Crippen LogP contribution in [0.5, 0.6) is 0 Å². The third kappa shape index (κ3) is 4.04. The number of halogens is 1. The van der Waals surface area contributed by atoms with E-state index in [1.165, 1.54) is 0 Å². The van der Waals surface area contributed by atoms with Crippen LogP contribution < -0.4 is 10.6 Å². The van der Waals surface area contributed by atoms with E-state index >= 15 is 0 Å². The molecule has 19 heavy (non-hydrogen) atoms. The smallest absolute Gasteiger partial charge is 0.171 e. The fourth-order valence-corrected chi connectivity index (χ4v) is 2.23. The molecule has 100 valence electrons. The van der Waals surface area contributed by atoms with E-state index in [9.17, 15) is 0 Å². The standard InChI is InChI=1S/C13H15BrN4S/c1-2-18-9-11(14)12(17-18)8-15-13(19)16-10-6-4-3-5-7-10/h3-7,9H,2,8H2,1H3,(H2,15,16,19). The second-order valence-corrected chi connectivity index (χ2v) is 5.22. The molecule has 0 bridgehead atoms. The molecule has 4 nitrogen and oxygen atoms in total. The molecule has 0 aliphatic rings. The number of anilines is 1. The van der Waals surface area contributed by atoms with Crippen LogP contribution in [0.25, 0.3) is 0 Å². The molecule has 0 spiro atoms. The molecule has 0 saturated carbocycles. The number of hydrogen-bond acceptors (Lipinski definition) is 2. The maximum Gasteiger partial charge on any atom is 0.171 e. The zero-order chi connectivity index (χ0) is 13.7. The third-order valence-electron chi connectivity index (χ3n) is 2.56. The van der Waals surface area contributed by atoms with Gasteiger partial charge in [-0.1, -0.05) is 18.2 Å². The van der Waals surface area contributed by atoms with Gasteiger partial charge in [-0.2, -0.15) is 5.10 Å². The van der Waals surface area contributed by atoms with Crippen LogP contribution in [0.4, 0.5) is 5.69 Å². The van der Waals surface area contributed by atoms with Crippen LogP contribution in [-0.4, -0.2) is 14.9 Å². The van der Waals surface area contributed by atoms with Gasteiger partial charge in [-0.05, 0) is 47.2 Å². The number of aromatic nitrogens is 2. The van der Waals surface area contributed by atoms with Gasteiger partial charge in [-0.25, -0.2) is 0 Å². The van der Waals surface area contributed by atoms with E-state index in [2.05, 4.69) is 38.6 Å². The third-order valence-corrected chi connectivity index (χ3v) is 3.47. The lowest BCUT2D eigenvalue weighted by molar-refractivity contribution is 0.643. The summed E-state index contributed by atoms with van der Waals surface area (Å²) in [6, 6.07) is 9.83. The van der Waals surface area contributed by atoms with Crippen molar-refractivity contribution in [2.75, 3.05) is 5.32 Å². The highest BCUT2D eigenvalue weighted by Crippen LogP contribution is 2.14. The summed E-state index contributed by atoms with van der Waals surface area (Å²) in [4.78, 5) is 0. The number of rotatable bonds is 4. The Morgan fingerprint density at radius 2 is 2.11 bits per heavy atom. The van der Waals surface area contributed by atoms with Gasteiger partial charge in [0.1, 0.15) is 0 Å². The van der Waals surface area contributed by atoms with E-state index in [1.807, 2.05) is 41.2 Å². The lowest BCUT2D eigenvalue weighted by Crippen LogP contribution is -2.28. The molecule has 0 fully saturated rings. The predicted octanol–water partition coefficient (Wildman–Crippen LogP) is 3.15. The van der Waals surface area contributed by atoms with Gasteiger partial charge in [0.2, 0.25) is 0 Å². The maximum atomic E-state index is 5.24. The Bertz CT molecular complexity index is 553. The highest BCUT2D eigenvalue weighted by molar-refractivity contribution is 9.10. The molecule has 1 aromatic carbocycles. The van der Waals surface area contributed by atoms with E-state index in [0.717, 1.165) is 22.4 Å². The topological polar surface area (TPSA) is 41.9 Å². The van der Waals surface area contributed by atoms with Crippen LogP contribution in [0.15, 0.2) is 41.0 Å². The number of aryl methyl sites for hydroxylation is 1. The van der Waals surface area contributed by atoms with E-state index in [0.29, 0.717) is 11.7 Å². The predicted molar refractivity (Wildman–Crippen MR) is 85.1 cm³/mol. The lowest BCUT2D eigenvalue weighted by atomic mass is 10.3. The Balaban J connectivity index is 1.88. The number of thiocarbonyl (C=S) groups is 1. The first kappa shape index (κ1) is 14.0. The molecule has 0 unspecified atom stereocenters. The van der Waals surface area contributed by atoms with Gasteiger partial charge in [0, 0.05) is 18.4 Å². The number of nitrogens with zero attached hydrogens (tertiary/aromatic N) is 2. The van der Waals surface area contributed by atoms with Crippen molar-refractivity contribution in [1.82, 2.24) is 15.1 Å². The van der Waals surface area contributed by atoms with Gasteiger partial charge in [0.05, 0.1) is 16.7 Å². The summed E-state index contributed by atoms with van der Waals surface area (Å²) in [5, 5.41) is 11.3. The van der Waals surface area contributed by atoms with Crippen LogP contribution in [0.1, 0.15) is 12.6 Å². The average Bonchev–Trinajstić information content (AvgIpc) is 2.78. The fourth-order valence-electron chi connectivity index (χ4n) is 1.58. The van der Waals surface area contributed by atoms with Gasteiger partial charge < -0.3 is 10.6 Å². The van der Waals surface area contributed by atoms with Crippen LogP contribution >= 0.6 is 28.1 Å². The number of benzene rings is 1. The SMILES string of the molecule is CCn1cc(Br)c(CNC(=S)Nc2ccccc2)n1. The summed E-state index contributed by atoms with van der Waals surface area (Å²) >= 11 is 8.73. The minimum Gasteiger partial charge on any atom is -0.357 e. The largest absolute Gasteiger partial charge is 0.357 e. The average molecular weight is 339 g/mol. The van der Waals surface area contributed by atoms with Crippen LogP contribution in [0, 0.1) is 0 Å². The molecule has 0 aliphatic carbocycles. The number of para-hydroxylation sites is 1. The Hall–Kier alpha value is -1.40. The summed E-state index contributed by atoms with van der Waals surface area (Å²) in [6.45, 7) is 3.50. The van der Waals surface area contributed by atoms with Crippen molar-refractivity contribution in [3.63, 3.8) is 0 Å². The van der Waals surface area contributed by atoms with Gasteiger partial charge in [0.25, 0.3) is 0 Å². The zero-order valence-corrected chi connectivity index (χ0v) is 13.0. The van der Waals surface area contributed by atoms with Crippen molar-refractivity contribution >= 4 is 38.9 Å². The van der Waals surface area contributed by atoms with E-state index < -0.39 is 0 Å². The molecular weight excluding hydrogens is 324 g/mol. The molecular formula is C13H15BrN4S. The van der Waals surface area contributed by atoms with Crippen LogP contribution in [-0.2, 0) is 13.1 Å². The number of hydrogen-bond donors (Lipinski definition) is 2. The first-order valence-corrected chi connectivity index (χ1v) is 7.21. The molecule has 2 N–H and O–H groups in total. The lowest BCUT2D eigenvalue weighted by Gasteiger charge is -2.09. The summed E-state index contributed by atoms with van der Waals surface area (Å²) in [5.41, 5.74) is 1.91. The molecule has 2 aromatic rings. The van der Waals surface area contributed by atoms with Crippen molar-refractivity contribution in [3.05, 3.63) is 46.7 Å². The van der Waals surface area contributed by atoms with Gasteiger partial charge >= 0.3 is 0 Å². The normalized spacial score (nSPS) is 10.2. The Labute approximate surface area is 126 Å². The Morgan fingerprint density at radius 1 is 1.37 bits per heavy atom. The van der Waals surface area contributed by atoms with Crippen LogP contribution in [0.3, 0.4) is 0 Å². The first-order chi connectivity index (χ1) is 9.19. The molecule has 0 aliphatic heterocycles.